The highest BCUT2D eigenvalue weighted by Crippen LogP contribution is 2.36. The van der Waals surface area contributed by atoms with Crippen molar-refractivity contribution < 1.29 is 4.74 Å². The van der Waals surface area contributed by atoms with Crippen LogP contribution in [-0.2, 0) is 24.4 Å². The maximum absolute atomic E-state index is 5.52. The van der Waals surface area contributed by atoms with Crippen LogP contribution in [0, 0.1) is 0 Å². The minimum Gasteiger partial charge on any atom is -0.372 e. The van der Waals surface area contributed by atoms with E-state index in [2.05, 4.69) is 36.6 Å². The number of hydrogen-bond donors (Lipinski definition) is 0. The van der Waals surface area contributed by atoms with E-state index in [4.69, 9.17) is 9.72 Å². The summed E-state index contributed by atoms with van der Waals surface area (Å²) in [6.07, 6.45) is 8.83. The van der Waals surface area contributed by atoms with E-state index in [-0.39, 0.29) is 0 Å². The molecule has 8 heteroatoms. The summed E-state index contributed by atoms with van der Waals surface area (Å²) in [4.78, 5) is 21.0. The van der Waals surface area contributed by atoms with E-state index in [1.807, 2.05) is 19.0 Å². The predicted octanol–water partition coefficient (Wildman–Crippen LogP) is 1.90. The first-order chi connectivity index (χ1) is 14.2. The minimum atomic E-state index is 0.562. The molecule has 0 unspecified atom stereocenters. The van der Waals surface area contributed by atoms with Crippen molar-refractivity contribution in [2.24, 2.45) is 0 Å². The summed E-state index contributed by atoms with van der Waals surface area (Å²) in [5.41, 5.74) is 1.18. The van der Waals surface area contributed by atoms with Crippen LogP contribution >= 0.6 is 0 Å². The van der Waals surface area contributed by atoms with Crippen molar-refractivity contribution in [3.8, 4) is 0 Å². The van der Waals surface area contributed by atoms with Gasteiger partial charge in [0.2, 0.25) is 0 Å². The first kappa shape index (κ1) is 18.8. The molecule has 1 saturated carbocycles. The van der Waals surface area contributed by atoms with Gasteiger partial charge in [-0.05, 0) is 25.7 Å². The Kier molecular flexibility index (Phi) is 5.13. The van der Waals surface area contributed by atoms with Gasteiger partial charge in [0, 0.05) is 64.6 Å². The zero-order valence-corrected chi connectivity index (χ0v) is 17.5. The van der Waals surface area contributed by atoms with Crippen molar-refractivity contribution in [2.45, 2.75) is 57.5 Å². The molecule has 29 heavy (non-hydrogen) atoms. The van der Waals surface area contributed by atoms with E-state index in [9.17, 15) is 0 Å². The molecule has 156 valence electrons. The Hall–Kier alpha value is -2.19. The van der Waals surface area contributed by atoms with E-state index in [0.717, 1.165) is 50.2 Å². The van der Waals surface area contributed by atoms with E-state index in [0.29, 0.717) is 18.7 Å². The molecular weight excluding hydrogens is 366 g/mol. The average molecular weight is 398 g/mol. The zero-order valence-electron chi connectivity index (χ0n) is 17.5. The Morgan fingerprint density at radius 1 is 1.03 bits per heavy atom. The van der Waals surface area contributed by atoms with Crippen molar-refractivity contribution in [1.82, 2.24) is 24.4 Å². The van der Waals surface area contributed by atoms with E-state index >= 15 is 0 Å². The van der Waals surface area contributed by atoms with Crippen molar-refractivity contribution in [3.63, 3.8) is 0 Å². The SMILES string of the molecule is CN(C)c1cc(N(C2CC2)C2CCN(Cc3cn4c(n3)COCC4)CC2)ncn1. The summed E-state index contributed by atoms with van der Waals surface area (Å²) in [5.74, 6) is 3.14. The predicted molar refractivity (Wildman–Crippen MR) is 112 cm³/mol. The molecule has 0 spiro atoms. The second kappa shape index (κ2) is 7.91. The van der Waals surface area contributed by atoms with Crippen molar-refractivity contribution in [1.29, 1.82) is 0 Å². The Morgan fingerprint density at radius 2 is 1.79 bits per heavy atom. The van der Waals surface area contributed by atoms with Gasteiger partial charge in [0.25, 0.3) is 0 Å². The lowest BCUT2D eigenvalue weighted by atomic mass is 10.0. The Morgan fingerprint density at radius 3 is 2.52 bits per heavy atom. The van der Waals surface area contributed by atoms with Crippen LogP contribution in [0.2, 0.25) is 0 Å². The molecule has 4 heterocycles. The molecule has 0 amide bonds. The number of anilines is 2. The smallest absolute Gasteiger partial charge is 0.135 e. The summed E-state index contributed by atoms with van der Waals surface area (Å²) >= 11 is 0. The molecule has 0 radical (unpaired) electrons. The lowest BCUT2D eigenvalue weighted by Crippen LogP contribution is -2.46. The van der Waals surface area contributed by atoms with Crippen LogP contribution in [0.5, 0.6) is 0 Å². The zero-order chi connectivity index (χ0) is 19.8. The summed E-state index contributed by atoms with van der Waals surface area (Å²) in [6.45, 7) is 5.52. The van der Waals surface area contributed by atoms with Crippen molar-refractivity contribution >= 4 is 11.6 Å². The number of piperidine rings is 1. The summed E-state index contributed by atoms with van der Waals surface area (Å²) in [6, 6.07) is 3.35. The number of fused-ring (bicyclic) bond motifs is 1. The molecule has 2 aliphatic heterocycles. The normalized spacial score (nSPS) is 20.5. The van der Waals surface area contributed by atoms with Crippen LogP contribution in [0.4, 0.5) is 11.6 Å². The van der Waals surface area contributed by atoms with E-state index < -0.39 is 0 Å². The molecule has 0 aromatic carbocycles. The van der Waals surface area contributed by atoms with Crippen LogP contribution in [0.25, 0.3) is 0 Å². The highest BCUT2D eigenvalue weighted by atomic mass is 16.5. The second-order valence-electron chi connectivity index (χ2n) is 8.67. The average Bonchev–Trinajstić information content (AvgIpc) is 3.48. The van der Waals surface area contributed by atoms with Gasteiger partial charge in [-0.15, -0.1) is 0 Å². The van der Waals surface area contributed by atoms with Crippen LogP contribution in [0.1, 0.15) is 37.2 Å². The molecule has 2 aromatic heterocycles. The van der Waals surface area contributed by atoms with Crippen LogP contribution in [0.3, 0.4) is 0 Å². The van der Waals surface area contributed by atoms with Gasteiger partial charge < -0.3 is 19.1 Å². The molecular formula is C21H31N7O. The Labute approximate surface area is 172 Å². The first-order valence-electron chi connectivity index (χ1n) is 10.8. The third-order valence-corrected chi connectivity index (χ3v) is 6.25. The maximum atomic E-state index is 5.52. The lowest BCUT2D eigenvalue weighted by Gasteiger charge is -2.39. The molecule has 0 N–H and O–H groups in total. The Bertz CT molecular complexity index is 816. The third-order valence-electron chi connectivity index (χ3n) is 6.25. The number of nitrogens with zero attached hydrogens (tertiary/aromatic N) is 7. The van der Waals surface area contributed by atoms with Crippen molar-refractivity contribution in [3.05, 3.63) is 30.1 Å². The maximum Gasteiger partial charge on any atom is 0.135 e. The third kappa shape index (κ3) is 4.09. The molecule has 1 saturated heterocycles. The summed E-state index contributed by atoms with van der Waals surface area (Å²) in [7, 11) is 4.07. The fourth-order valence-electron chi connectivity index (χ4n) is 4.56. The molecule has 3 aliphatic rings. The number of rotatable bonds is 6. The fourth-order valence-corrected chi connectivity index (χ4v) is 4.56. The lowest BCUT2D eigenvalue weighted by molar-refractivity contribution is 0.0816. The van der Waals surface area contributed by atoms with Gasteiger partial charge in [0.05, 0.1) is 12.3 Å². The highest BCUT2D eigenvalue weighted by molar-refractivity contribution is 5.51. The quantitative estimate of drug-likeness (QED) is 0.738. The van der Waals surface area contributed by atoms with Crippen LogP contribution in [0.15, 0.2) is 18.6 Å². The van der Waals surface area contributed by atoms with Gasteiger partial charge in [0.1, 0.15) is 30.4 Å². The summed E-state index contributed by atoms with van der Waals surface area (Å²) in [5, 5.41) is 0. The molecule has 2 fully saturated rings. The largest absolute Gasteiger partial charge is 0.372 e. The summed E-state index contributed by atoms with van der Waals surface area (Å²) < 4.78 is 7.77. The minimum absolute atomic E-state index is 0.562. The molecule has 0 bridgehead atoms. The topological polar surface area (TPSA) is 62.5 Å². The number of aromatic nitrogens is 4. The van der Waals surface area contributed by atoms with Crippen LogP contribution < -0.4 is 9.80 Å². The number of likely N-dealkylation sites (tertiary alicyclic amines) is 1. The number of imidazole rings is 1. The number of ether oxygens (including phenoxy) is 1. The highest BCUT2D eigenvalue weighted by Gasteiger charge is 2.36. The second-order valence-corrected chi connectivity index (χ2v) is 8.67. The first-order valence-corrected chi connectivity index (χ1v) is 10.8. The van der Waals surface area contributed by atoms with Gasteiger partial charge in [-0.1, -0.05) is 0 Å². The fraction of sp³-hybridized carbons (Fsp3) is 0.667. The molecule has 1 aliphatic carbocycles. The monoisotopic (exact) mass is 397 g/mol. The van der Waals surface area contributed by atoms with Gasteiger partial charge in [-0.2, -0.15) is 0 Å². The number of hydrogen-bond acceptors (Lipinski definition) is 7. The molecule has 0 atom stereocenters. The van der Waals surface area contributed by atoms with E-state index in [1.165, 1.54) is 31.4 Å². The molecule has 8 nitrogen and oxygen atoms in total. The van der Waals surface area contributed by atoms with Gasteiger partial charge in [-0.3, -0.25) is 4.90 Å². The standard InChI is InChI=1S/C21H31N7O/c1-25(2)19-11-20(23-15-22-19)28(17-3-4-17)18-5-7-26(8-6-18)12-16-13-27-9-10-29-14-21(27)24-16/h11,13,15,17-18H,3-10,12,14H2,1-2H3. The van der Waals surface area contributed by atoms with Gasteiger partial charge in [0.15, 0.2) is 0 Å². The molecule has 5 rings (SSSR count). The molecule has 2 aromatic rings. The van der Waals surface area contributed by atoms with Crippen molar-refractivity contribution in [2.75, 3.05) is 43.6 Å². The van der Waals surface area contributed by atoms with Crippen LogP contribution in [-0.4, -0.2) is 70.3 Å². The Balaban J connectivity index is 1.23. The van der Waals surface area contributed by atoms with Gasteiger partial charge in [-0.25, -0.2) is 15.0 Å². The van der Waals surface area contributed by atoms with Gasteiger partial charge >= 0.3 is 0 Å². The van der Waals surface area contributed by atoms with E-state index in [1.54, 1.807) is 6.33 Å².